The van der Waals surface area contributed by atoms with Crippen molar-refractivity contribution in [2.45, 2.75) is 13.3 Å². The minimum atomic E-state index is -0.132. The molecule has 0 bridgehead atoms. The Morgan fingerprint density at radius 2 is 2.19 bits per heavy atom. The van der Waals surface area contributed by atoms with Gasteiger partial charge in [-0.1, -0.05) is 11.6 Å². The van der Waals surface area contributed by atoms with Crippen LogP contribution in [0.2, 0.25) is 0 Å². The lowest BCUT2D eigenvalue weighted by atomic mass is 10.1. The number of ether oxygens (including phenoxy) is 1. The van der Waals surface area contributed by atoms with E-state index in [4.69, 9.17) is 4.74 Å². The van der Waals surface area contributed by atoms with Crippen LogP contribution >= 0.6 is 22.7 Å². The number of methoxy groups -OCH3 is 1. The predicted octanol–water partition coefficient (Wildman–Crippen LogP) is 4.02. The predicted molar refractivity (Wildman–Crippen MR) is 104 cm³/mol. The van der Waals surface area contributed by atoms with Crippen molar-refractivity contribution in [3.05, 3.63) is 52.6 Å². The van der Waals surface area contributed by atoms with Crippen molar-refractivity contribution >= 4 is 38.7 Å². The first kappa shape index (κ1) is 16.7. The molecule has 6 nitrogen and oxygen atoms in total. The zero-order chi connectivity index (χ0) is 18.1. The van der Waals surface area contributed by atoms with E-state index in [1.54, 1.807) is 18.4 Å². The highest BCUT2D eigenvalue weighted by molar-refractivity contribution is 7.15. The summed E-state index contributed by atoms with van der Waals surface area (Å²) in [6.07, 6.45) is 4.02. The standard InChI is InChI=1S/C18H16N4O2S2/c1-11-3-4-15(24-2)13(7-11)14-10-26-17(20-14)21-16(23)8-12-9-22-5-6-25-18(22)19-12/h3-7,9-10H,8H2,1-2H3,(H,20,21,23). The van der Waals surface area contributed by atoms with Crippen molar-refractivity contribution in [2.24, 2.45) is 0 Å². The van der Waals surface area contributed by atoms with Gasteiger partial charge in [0.1, 0.15) is 5.75 Å². The number of amides is 1. The lowest BCUT2D eigenvalue weighted by molar-refractivity contribution is -0.115. The summed E-state index contributed by atoms with van der Waals surface area (Å²) in [7, 11) is 1.64. The lowest BCUT2D eigenvalue weighted by Crippen LogP contribution is -2.14. The molecular weight excluding hydrogens is 368 g/mol. The highest BCUT2D eigenvalue weighted by Gasteiger charge is 2.13. The summed E-state index contributed by atoms with van der Waals surface area (Å²) >= 11 is 2.94. The fourth-order valence-electron chi connectivity index (χ4n) is 2.67. The van der Waals surface area contributed by atoms with Crippen LogP contribution in [-0.2, 0) is 11.2 Å². The van der Waals surface area contributed by atoms with Crippen molar-refractivity contribution in [2.75, 3.05) is 12.4 Å². The van der Waals surface area contributed by atoms with E-state index in [2.05, 4.69) is 15.3 Å². The number of rotatable bonds is 5. The van der Waals surface area contributed by atoms with Gasteiger partial charge in [0, 0.05) is 28.7 Å². The number of carbonyl (C=O) groups is 1. The Hall–Kier alpha value is -2.71. The van der Waals surface area contributed by atoms with Crippen LogP contribution in [0, 0.1) is 6.92 Å². The average molecular weight is 384 g/mol. The number of hydrogen-bond acceptors (Lipinski definition) is 6. The molecule has 0 aliphatic carbocycles. The van der Waals surface area contributed by atoms with Gasteiger partial charge in [-0.3, -0.25) is 9.20 Å². The maximum atomic E-state index is 12.3. The van der Waals surface area contributed by atoms with Gasteiger partial charge in [-0.2, -0.15) is 0 Å². The summed E-state index contributed by atoms with van der Waals surface area (Å²) in [5.41, 5.74) is 3.57. The lowest BCUT2D eigenvalue weighted by Gasteiger charge is -2.07. The number of carbonyl (C=O) groups excluding carboxylic acids is 1. The number of imidazole rings is 1. The molecule has 0 unspecified atom stereocenters. The van der Waals surface area contributed by atoms with Crippen LogP contribution in [0.4, 0.5) is 5.13 Å². The van der Waals surface area contributed by atoms with Gasteiger partial charge in [0.2, 0.25) is 5.91 Å². The van der Waals surface area contributed by atoms with Gasteiger partial charge in [-0.05, 0) is 19.1 Å². The zero-order valence-electron chi connectivity index (χ0n) is 14.2. The Kier molecular flexibility index (Phi) is 4.44. The smallest absolute Gasteiger partial charge is 0.232 e. The van der Waals surface area contributed by atoms with Crippen LogP contribution in [0.5, 0.6) is 5.75 Å². The minimum Gasteiger partial charge on any atom is -0.496 e. The number of anilines is 1. The van der Waals surface area contributed by atoms with Crippen LogP contribution in [0.1, 0.15) is 11.3 Å². The maximum Gasteiger partial charge on any atom is 0.232 e. The zero-order valence-corrected chi connectivity index (χ0v) is 15.9. The van der Waals surface area contributed by atoms with Gasteiger partial charge >= 0.3 is 0 Å². The van der Waals surface area contributed by atoms with Crippen LogP contribution in [0.25, 0.3) is 16.2 Å². The van der Waals surface area contributed by atoms with Crippen molar-refractivity contribution in [1.29, 1.82) is 0 Å². The third-order valence-corrected chi connectivity index (χ3v) is 5.39. The van der Waals surface area contributed by atoms with E-state index in [-0.39, 0.29) is 12.3 Å². The van der Waals surface area contributed by atoms with Gasteiger partial charge in [0.05, 0.1) is 24.9 Å². The summed E-state index contributed by atoms with van der Waals surface area (Å²) in [5.74, 6) is 0.629. The number of aryl methyl sites for hydroxylation is 1. The normalized spacial score (nSPS) is 11.0. The van der Waals surface area contributed by atoms with Crippen molar-refractivity contribution in [1.82, 2.24) is 14.4 Å². The molecule has 3 heterocycles. The summed E-state index contributed by atoms with van der Waals surface area (Å²) < 4.78 is 7.33. The van der Waals surface area contributed by atoms with Crippen molar-refractivity contribution in [3.8, 4) is 17.0 Å². The molecule has 1 amide bonds. The molecule has 0 spiro atoms. The molecule has 0 radical (unpaired) electrons. The maximum absolute atomic E-state index is 12.3. The molecule has 26 heavy (non-hydrogen) atoms. The number of benzene rings is 1. The Bertz CT molecular complexity index is 1050. The number of nitrogens with zero attached hydrogens (tertiary/aromatic N) is 3. The molecule has 8 heteroatoms. The monoisotopic (exact) mass is 384 g/mol. The Balaban J connectivity index is 1.48. The molecular formula is C18H16N4O2S2. The summed E-state index contributed by atoms with van der Waals surface area (Å²) in [4.78, 5) is 22.1. The second-order valence-corrected chi connectivity index (χ2v) is 7.52. The highest BCUT2D eigenvalue weighted by atomic mass is 32.1. The van der Waals surface area contributed by atoms with E-state index in [1.807, 2.05) is 52.7 Å². The van der Waals surface area contributed by atoms with Crippen LogP contribution < -0.4 is 10.1 Å². The molecule has 0 aliphatic rings. The molecule has 0 atom stereocenters. The van der Waals surface area contributed by atoms with Gasteiger partial charge in [-0.25, -0.2) is 9.97 Å². The quantitative estimate of drug-likeness (QED) is 0.564. The van der Waals surface area contributed by atoms with E-state index in [9.17, 15) is 4.79 Å². The molecule has 1 aromatic carbocycles. The van der Waals surface area contributed by atoms with Crippen molar-refractivity contribution in [3.63, 3.8) is 0 Å². The topological polar surface area (TPSA) is 68.5 Å². The largest absolute Gasteiger partial charge is 0.496 e. The van der Waals surface area contributed by atoms with E-state index < -0.39 is 0 Å². The molecule has 3 aromatic heterocycles. The van der Waals surface area contributed by atoms with Crippen LogP contribution in [-0.4, -0.2) is 27.4 Å². The first-order chi connectivity index (χ1) is 12.6. The Morgan fingerprint density at radius 3 is 3.00 bits per heavy atom. The first-order valence-corrected chi connectivity index (χ1v) is 9.70. The summed E-state index contributed by atoms with van der Waals surface area (Å²) in [6.45, 7) is 2.02. The third kappa shape index (κ3) is 3.33. The fraction of sp³-hybridized carbons (Fsp3) is 0.167. The molecule has 4 rings (SSSR count). The highest BCUT2D eigenvalue weighted by Crippen LogP contribution is 2.33. The molecule has 132 valence electrons. The van der Waals surface area contributed by atoms with E-state index in [0.29, 0.717) is 5.13 Å². The Morgan fingerprint density at radius 1 is 1.31 bits per heavy atom. The van der Waals surface area contributed by atoms with E-state index in [1.165, 1.54) is 11.3 Å². The summed E-state index contributed by atoms with van der Waals surface area (Å²) in [6, 6.07) is 5.94. The molecule has 1 N–H and O–H groups in total. The number of thiazole rings is 2. The fourth-order valence-corrected chi connectivity index (χ4v) is 4.11. The number of fused-ring (bicyclic) bond motifs is 1. The van der Waals surface area contributed by atoms with Gasteiger partial charge in [0.15, 0.2) is 10.1 Å². The molecule has 0 saturated carbocycles. The van der Waals surface area contributed by atoms with Gasteiger partial charge in [0.25, 0.3) is 0 Å². The molecule has 0 fully saturated rings. The van der Waals surface area contributed by atoms with Crippen LogP contribution in [0.3, 0.4) is 0 Å². The first-order valence-electron chi connectivity index (χ1n) is 7.94. The summed E-state index contributed by atoms with van der Waals surface area (Å²) in [5, 5.41) is 7.29. The second-order valence-electron chi connectivity index (χ2n) is 5.79. The Labute approximate surface area is 158 Å². The number of aromatic nitrogens is 3. The van der Waals surface area contributed by atoms with E-state index >= 15 is 0 Å². The molecule has 0 saturated heterocycles. The third-order valence-electron chi connectivity index (χ3n) is 3.87. The molecule has 0 aliphatic heterocycles. The van der Waals surface area contributed by atoms with Crippen molar-refractivity contribution < 1.29 is 9.53 Å². The number of hydrogen-bond donors (Lipinski definition) is 1. The average Bonchev–Trinajstić information content (AvgIpc) is 3.31. The SMILES string of the molecule is COc1ccc(C)cc1-c1csc(NC(=O)Cc2cn3ccsc3n2)n1. The van der Waals surface area contributed by atoms with Gasteiger partial charge < -0.3 is 10.1 Å². The van der Waals surface area contributed by atoms with Gasteiger partial charge in [-0.15, -0.1) is 22.7 Å². The van der Waals surface area contributed by atoms with E-state index in [0.717, 1.165) is 33.2 Å². The van der Waals surface area contributed by atoms with Crippen LogP contribution in [0.15, 0.2) is 41.4 Å². The number of nitrogens with one attached hydrogen (secondary N) is 1. The molecule has 4 aromatic rings. The second kappa shape index (κ2) is 6.89. The minimum absolute atomic E-state index is 0.132.